The van der Waals surface area contributed by atoms with Crippen LogP contribution in [0.2, 0.25) is 5.02 Å². The van der Waals surface area contributed by atoms with Gasteiger partial charge in [-0.15, -0.1) is 0 Å². The maximum absolute atomic E-state index is 12.6. The van der Waals surface area contributed by atoms with E-state index in [0.29, 0.717) is 20.7 Å². The molecule has 0 amide bonds. The molecule has 0 saturated carbocycles. The zero-order valence-corrected chi connectivity index (χ0v) is 17.1. The number of hydrogen-bond donors (Lipinski definition) is 1. The van der Waals surface area contributed by atoms with E-state index in [4.69, 9.17) is 11.6 Å². The standard InChI is InChI=1S/C20H14BrClN2O2S/c21-18-8-4-5-9-20(18)27(25,26)24-15-10-11-16(19(22)12-15)17(13-23)14-6-2-1-3-7-14/h1-12,17,24H/t17-/m1/s1. The van der Waals surface area contributed by atoms with Crippen molar-refractivity contribution in [3.05, 3.63) is 93.4 Å². The van der Waals surface area contributed by atoms with Gasteiger partial charge in [-0.2, -0.15) is 5.26 Å². The monoisotopic (exact) mass is 460 g/mol. The number of anilines is 1. The van der Waals surface area contributed by atoms with Gasteiger partial charge >= 0.3 is 0 Å². The fourth-order valence-corrected chi connectivity index (χ4v) is 5.01. The van der Waals surface area contributed by atoms with Crippen molar-refractivity contribution < 1.29 is 8.42 Å². The van der Waals surface area contributed by atoms with Crippen LogP contribution in [0.15, 0.2) is 82.2 Å². The molecule has 0 unspecified atom stereocenters. The van der Waals surface area contributed by atoms with E-state index in [9.17, 15) is 13.7 Å². The number of benzene rings is 3. The van der Waals surface area contributed by atoms with Crippen molar-refractivity contribution in [2.75, 3.05) is 4.72 Å². The zero-order valence-electron chi connectivity index (χ0n) is 13.9. The molecule has 7 heteroatoms. The molecule has 0 spiro atoms. The number of rotatable bonds is 5. The lowest BCUT2D eigenvalue weighted by Crippen LogP contribution is -2.13. The number of nitrogens with one attached hydrogen (secondary N) is 1. The van der Waals surface area contributed by atoms with Gasteiger partial charge in [0, 0.05) is 9.50 Å². The molecule has 3 aromatic carbocycles. The molecule has 136 valence electrons. The lowest BCUT2D eigenvalue weighted by molar-refractivity contribution is 0.601. The molecule has 0 radical (unpaired) electrons. The maximum Gasteiger partial charge on any atom is 0.263 e. The molecule has 3 rings (SSSR count). The summed E-state index contributed by atoms with van der Waals surface area (Å²) in [5, 5.41) is 9.88. The lowest BCUT2D eigenvalue weighted by atomic mass is 9.92. The fraction of sp³-hybridized carbons (Fsp3) is 0.0500. The molecular weight excluding hydrogens is 448 g/mol. The molecule has 27 heavy (non-hydrogen) atoms. The highest BCUT2D eigenvalue weighted by Crippen LogP contribution is 2.32. The number of halogens is 2. The van der Waals surface area contributed by atoms with Gasteiger partial charge < -0.3 is 0 Å². The molecule has 0 saturated heterocycles. The minimum absolute atomic E-state index is 0.129. The Bertz CT molecular complexity index is 1110. The molecule has 3 aromatic rings. The number of nitrogens with zero attached hydrogens (tertiary/aromatic N) is 1. The van der Waals surface area contributed by atoms with Gasteiger partial charge in [0.25, 0.3) is 10.0 Å². The topological polar surface area (TPSA) is 70.0 Å². The molecule has 0 aliphatic rings. The quantitative estimate of drug-likeness (QED) is 0.541. The summed E-state index contributed by atoms with van der Waals surface area (Å²) >= 11 is 9.61. The largest absolute Gasteiger partial charge is 0.280 e. The minimum Gasteiger partial charge on any atom is -0.280 e. The summed E-state index contributed by atoms with van der Waals surface area (Å²) in [6.07, 6.45) is 0. The van der Waals surface area contributed by atoms with Crippen molar-refractivity contribution in [3.63, 3.8) is 0 Å². The first kappa shape index (κ1) is 19.4. The molecule has 0 aliphatic heterocycles. The summed E-state index contributed by atoms with van der Waals surface area (Å²) in [6, 6.07) is 22.9. The van der Waals surface area contributed by atoms with Gasteiger partial charge in [-0.1, -0.05) is 60.1 Å². The fourth-order valence-electron chi connectivity index (χ4n) is 2.67. The SMILES string of the molecule is N#C[C@H](c1ccccc1)c1ccc(NS(=O)(=O)c2ccccc2Br)cc1Cl. The molecule has 4 nitrogen and oxygen atoms in total. The third-order valence-electron chi connectivity index (χ3n) is 3.95. The first-order chi connectivity index (χ1) is 12.9. The Morgan fingerprint density at radius 2 is 1.67 bits per heavy atom. The molecule has 0 aromatic heterocycles. The molecule has 0 heterocycles. The van der Waals surface area contributed by atoms with E-state index >= 15 is 0 Å². The van der Waals surface area contributed by atoms with E-state index in [2.05, 4.69) is 26.7 Å². The average Bonchev–Trinajstić information content (AvgIpc) is 2.65. The average molecular weight is 462 g/mol. The van der Waals surface area contributed by atoms with E-state index in [0.717, 1.165) is 5.56 Å². The van der Waals surface area contributed by atoms with Crippen LogP contribution in [0.4, 0.5) is 5.69 Å². The predicted molar refractivity (Wildman–Crippen MR) is 110 cm³/mol. The second kappa shape index (κ2) is 8.13. The smallest absolute Gasteiger partial charge is 0.263 e. The van der Waals surface area contributed by atoms with Gasteiger partial charge in [0.1, 0.15) is 4.90 Å². The Balaban J connectivity index is 1.92. The third-order valence-corrected chi connectivity index (χ3v) is 6.67. The van der Waals surface area contributed by atoms with Gasteiger partial charge in [0.2, 0.25) is 0 Å². The second-order valence-corrected chi connectivity index (χ2v) is 8.66. The van der Waals surface area contributed by atoms with Crippen molar-refractivity contribution in [1.29, 1.82) is 5.26 Å². The lowest BCUT2D eigenvalue weighted by Gasteiger charge is -2.14. The van der Waals surface area contributed by atoms with Gasteiger partial charge in [-0.25, -0.2) is 8.42 Å². The van der Waals surface area contributed by atoms with Gasteiger partial charge in [0.15, 0.2) is 0 Å². The van der Waals surface area contributed by atoms with Gasteiger partial charge in [-0.3, -0.25) is 4.72 Å². The number of sulfonamides is 1. The van der Waals surface area contributed by atoms with Crippen molar-refractivity contribution in [2.24, 2.45) is 0 Å². The second-order valence-electron chi connectivity index (χ2n) is 5.75. The zero-order chi connectivity index (χ0) is 19.4. The molecule has 0 aliphatic carbocycles. The highest BCUT2D eigenvalue weighted by Gasteiger charge is 2.20. The van der Waals surface area contributed by atoms with E-state index in [1.54, 1.807) is 30.3 Å². The number of hydrogen-bond acceptors (Lipinski definition) is 3. The van der Waals surface area contributed by atoms with Crippen LogP contribution >= 0.6 is 27.5 Å². The Labute approximate surface area is 171 Å². The Hall–Kier alpha value is -2.33. The summed E-state index contributed by atoms with van der Waals surface area (Å²) in [7, 11) is -3.77. The Morgan fingerprint density at radius 1 is 1.00 bits per heavy atom. The molecular formula is C20H14BrClN2O2S. The summed E-state index contributed by atoms with van der Waals surface area (Å²) in [6.45, 7) is 0. The van der Waals surface area contributed by atoms with Crippen LogP contribution in [-0.4, -0.2) is 8.42 Å². The van der Waals surface area contributed by atoms with Crippen LogP contribution in [0.1, 0.15) is 17.0 Å². The Morgan fingerprint density at radius 3 is 2.30 bits per heavy atom. The van der Waals surface area contributed by atoms with E-state index in [-0.39, 0.29) is 4.90 Å². The van der Waals surface area contributed by atoms with Crippen LogP contribution < -0.4 is 4.72 Å². The van der Waals surface area contributed by atoms with E-state index in [1.807, 2.05) is 30.3 Å². The summed E-state index contributed by atoms with van der Waals surface area (Å²) in [5.74, 6) is -0.535. The first-order valence-corrected chi connectivity index (χ1v) is 10.6. The van der Waals surface area contributed by atoms with Crippen molar-refractivity contribution in [1.82, 2.24) is 0 Å². The molecule has 1 atom stereocenters. The molecule has 1 N–H and O–H groups in total. The molecule has 0 fully saturated rings. The van der Waals surface area contributed by atoms with Crippen molar-refractivity contribution in [3.8, 4) is 6.07 Å². The third kappa shape index (κ3) is 4.33. The predicted octanol–water partition coefficient (Wildman–Crippen LogP) is 5.56. The van der Waals surface area contributed by atoms with Crippen LogP contribution in [0.5, 0.6) is 0 Å². The molecule has 0 bridgehead atoms. The Kier molecular flexibility index (Phi) is 5.85. The van der Waals surface area contributed by atoms with Crippen LogP contribution in [-0.2, 0) is 10.0 Å². The van der Waals surface area contributed by atoms with Gasteiger partial charge in [0.05, 0.1) is 17.7 Å². The van der Waals surface area contributed by atoms with E-state index < -0.39 is 15.9 Å². The highest BCUT2D eigenvalue weighted by atomic mass is 79.9. The summed E-state index contributed by atoms with van der Waals surface area (Å²) < 4.78 is 28.2. The van der Waals surface area contributed by atoms with Crippen LogP contribution in [0.25, 0.3) is 0 Å². The summed E-state index contributed by atoms with van der Waals surface area (Å²) in [4.78, 5) is 0.129. The van der Waals surface area contributed by atoms with Crippen molar-refractivity contribution >= 4 is 43.2 Å². The van der Waals surface area contributed by atoms with Crippen LogP contribution in [0, 0.1) is 11.3 Å². The minimum atomic E-state index is -3.77. The highest BCUT2D eigenvalue weighted by molar-refractivity contribution is 9.10. The van der Waals surface area contributed by atoms with Crippen molar-refractivity contribution in [2.45, 2.75) is 10.8 Å². The summed E-state index contributed by atoms with van der Waals surface area (Å²) in [5.41, 5.74) is 1.77. The normalized spacial score (nSPS) is 12.2. The van der Waals surface area contributed by atoms with E-state index in [1.165, 1.54) is 12.1 Å². The first-order valence-electron chi connectivity index (χ1n) is 7.94. The maximum atomic E-state index is 12.6. The van der Waals surface area contributed by atoms with Crippen LogP contribution in [0.3, 0.4) is 0 Å². The van der Waals surface area contributed by atoms with Gasteiger partial charge in [-0.05, 0) is 51.3 Å². The number of nitriles is 1.